The molecule has 0 aromatic rings. The molecule has 0 aromatic carbocycles. The van der Waals surface area contributed by atoms with Gasteiger partial charge in [-0.2, -0.15) is 0 Å². The molecule has 1 saturated carbocycles. The van der Waals surface area contributed by atoms with Crippen molar-refractivity contribution in [1.29, 1.82) is 0 Å². The predicted octanol–water partition coefficient (Wildman–Crippen LogP) is 3.81. The molecular weight excluding hydrogens is 322 g/mol. The number of hydrogen-bond acceptors (Lipinski definition) is 4. The smallest absolute Gasteiger partial charge is 0.0630 e. The molecule has 2 saturated heterocycles. The fourth-order valence-electron chi connectivity index (χ4n) is 4.72. The highest BCUT2D eigenvalue weighted by molar-refractivity contribution is 4.90. The van der Waals surface area contributed by atoms with Crippen molar-refractivity contribution < 1.29 is 4.74 Å². The Hall–Kier alpha value is -0.160. The van der Waals surface area contributed by atoms with Gasteiger partial charge in [-0.05, 0) is 44.6 Å². The van der Waals surface area contributed by atoms with Crippen LogP contribution in [0.3, 0.4) is 0 Å². The van der Waals surface area contributed by atoms with Gasteiger partial charge in [0.15, 0.2) is 0 Å². The SMILES string of the molecule is CC.CC.COCC1CN(C2CCC(C)CC2)CCN1CC1CN(C)C1. The molecule has 4 nitrogen and oxygen atoms in total. The van der Waals surface area contributed by atoms with Gasteiger partial charge in [0.2, 0.25) is 0 Å². The van der Waals surface area contributed by atoms with Gasteiger partial charge in [-0.3, -0.25) is 9.80 Å². The second kappa shape index (κ2) is 13.1. The van der Waals surface area contributed by atoms with Crippen molar-refractivity contribution in [3.8, 4) is 0 Å². The maximum absolute atomic E-state index is 5.54. The molecule has 1 unspecified atom stereocenters. The summed E-state index contributed by atoms with van der Waals surface area (Å²) in [4.78, 5) is 7.91. The first-order chi connectivity index (χ1) is 12.7. The molecule has 0 amide bonds. The molecule has 3 fully saturated rings. The normalized spacial score (nSPS) is 31.3. The Morgan fingerprint density at radius 3 is 2.04 bits per heavy atom. The molecule has 2 aliphatic heterocycles. The number of ether oxygens (including phenoxy) is 1. The first-order valence-corrected chi connectivity index (χ1v) is 11.3. The largest absolute Gasteiger partial charge is 0.383 e. The van der Waals surface area contributed by atoms with Gasteiger partial charge in [0.05, 0.1) is 6.61 Å². The van der Waals surface area contributed by atoms with Crippen LogP contribution in [0.2, 0.25) is 0 Å². The molecule has 156 valence electrons. The van der Waals surface area contributed by atoms with Crippen LogP contribution in [-0.2, 0) is 4.74 Å². The summed E-state index contributed by atoms with van der Waals surface area (Å²) in [6.45, 7) is 18.9. The van der Waals surface area contributed by atoms with Crippen molar-refractivity contribution in [3.63, 3.8) is 0 Å². The quantitative estimate of drug-likeness (QED) is 0.733. The number of hydrogen-bond donors (Lipinski definition) is 0. The molecule has 1 aliphatic carbocycles. The van der Waals surface area contributed by atoms with Crippen molar-refractivity contribution >= 4 is 0 Å². The molecule has 3 aliphatic rings. The lowest BCUT2D eigenvalue weighted by molar-refractivity contribution is -0.0206. The lowest BCUT2D eigenvalue weighted by Gasteiger charge is -2.48. The number of rotatable bonds is 5. The van der Waals surface area contributed by atoms with E-state index >= 15 is 0 Å². The molecule has 0 radical (unpaired) electrons. The van der Waals surface area contributed by atoms with Crippen LogP contribution in [0.25, 0.3) is 0 Å². The van der Waals surface area contributed by atoms with Crippen LogP contribution in [0.1, 0.15) is 60.3 Å². The maximum atomic E-state index is 5.54. The molecule has 0 spiro atoms. The van der Waals surface area contributed by atoms with Crippen molar-refractivity contribution in [3.05, 3.63) is 0 Å². The van der Waals surface area contributed by atoms with Gasteiger partial charge in [0, 0.05) is 58.5 Å². The van der Waals surface area contributed by atoms with E-state index < -0.39 is 0 Å². The van der Waals surface area contributed by atoms with E-state index in [0.29, 0.717) is 6.04 Å². The van der Waals surface area contributed by atoms with E-state index in [1.54, 1.807) is 0 Å². The molecule has 2 heterocycles. The van der Waals surface area contributed by atoms with Crippen molar-refractivity contribution in [1.82, 2.24) is 14.7 Å². The summed E-state index contributed by atoms with van der Waals surface area (Å²) in [5.74, 6) is 1.83. The minimum absolute atomic E-state index is 0.601. The van der Waals surface area contributed by atoms with Crippen molar-refractivity contribution in [2.24, 2.45) is 11.8 Å². The van der Waals surface area contributed by atoms with Gasteiger partial charge in [-0.15, -0.1) is 0 Å². The highest BCUT2D eigenvalue weighted by atomic mass is 16.5. The van der Waals surface area contributed by atoms with E-state index in [0.717, 1.165) is 24.5 Å². The zero-order chi connectivity index (χ0) is 19.5. The summed E-state index contributed by atoms with van der Waals surface area (Å²) in [5.41, 5.74) is 0. The first-order valence-electron chi connectivity index (χ1n) is 11.3. The predicted molar refractivity (Wildman–Crippen MR) is 114 cm³/mol. The molecular formula is C22H47N3O. The van der Waals surface area contributed by atoms with E-state index in [2.05, 4.69) is 28.7 Å². The molecule has 4 heteroatoms. The van der Waals surface area contributed by atoms with E-state index in [4.69, 9.17) is 4.74 Å². The summed E-state index contributed by atoms with van der Waals surface area (Å²) in [7, 11) is 4.09. The number of methoxy groups -OCH3 is 1. The highest BCUT2D eigenvalue weighted by Gasteiger charge is 2.34. The van der Waals surface area contributed by atoms with Gasteiger partial charge in [0.1, 0.15) is 0 Å². The van der Waals surface area contributed by atoms with Gasteiger partial charge >= 0.3 is 0 Å². The maximum Gasteiger partial charge on any atom is 0.0630 e. The summed E-state index contributed by atoms with van der Waals surface area (Å²) < 4.78 is 5.54. The average Bonchev–Trinajstić information content (AvgIpc) is 2.66. The van der Waals surface area contributed by atoms with Crippen molar-refractivity contribution in [2.45, 2.75) is 72.4 Å². The molecule has 0 aromatic heterocycles. The lowest BCUT2D eigenvalue weighted by Crippen LogP contribution is -2.60. The van der Waals surface area contributed by atoms with E-state index in [9.17, 15) is 0 Å². The van der Waals surface area contributed by atoms with Crippen molar-refractivity contribution in [2.75, 3.05) is 60.0 Å². The zero-order valence-corrected chi connectivity index (χ0v) is 18.8. The van der Waals surface area contributed by atoms with Gasteiger partial charge in [0.25, 0.3) is 0 Å². The fourth-order valence-corrected chi connectivity index (χ4v) is 4.72. The Morgan fingerprint density at radius 2 is 1.50 bits per heavy atom. The minimum atomic E-state index is 0.601. The van der Waals surface area contributed by atoms with Gasteiger partial charge in [-0.25, -0.2) is 0 Å². The Bertz CT molecular complexity index is 338. The summed E-state index contributed by atoms with van der Waals surface area (Å²) in [6.07, 6.45) is 5.67. The molecule has 0 N–H and O–H groups in total. The molecule has 3 rings (SSSR count). The Kier molecular flexibility index (Phi) is 12.0. The van der Waals surface area contributed by atoms with E-state index in [1.807, 2.05) is 34.8 Å². The highest BCUT2D eigenvalue weighted by Crippen LogP contribution is 2.29. The van der Waals surface area contributed by atoms with Crippen LogP contribution in [0.4, 0.5) is 0 Å². The van der Waals surface area contributed by atoms with Crippen LogP contribution >= 0.6 is 0 Å². The Balaban J connectivity index is 0.000000791. The summed E-state index contributed by atoms with van der Waals surface area (Å²) >= 11 is 0. The zero-order valence-electron chi connectivity index (χ0n) is 18.8. The van der Waals surface area contributed by atoms with Crippen LogP contribution in [0.15, 0.2) is 0 Å². The topological polar surface area (TPSA) is 19.0 Å². The monoisotopic (exact) mass is 369 g/mol. The van der Waals surface area contributed by atoms with Crippen LogP contribution in [-0.4, -0.2) is 86.8 Å². The second-order valence-corrected chi connectivity index (χ2v) is 8.10. The third-order valence-corrected chi connectivity index (χ3v) is 6.13. The number of nitrogens with zero attached hydrogens (tertiary/aromatic N) is 3. The molecule has 0 bridgehead atoms. The third-order valence-electron chi connectivity index (χ3n) is 6.13. The van der Waals surface area contributed by atoms with Gasteiger partial charge in [-0.1, -0.05) is 34.6 Å². The second-order valence-electron chi connectivity index (χ2n) is 8.10. The Labute approximate surface area is 164 Å². The average molecular weight is 370 g/mol. The summed E-state index contributed by atoms with van der Waals surface area (Å²) in [6, 6.07) is 1.44. The Morgan fingerprint density at radius 1 is 0.885 bits per heavy atom. The third kappa shape index (κ3) is 7.10. The van der Waals surface area contributed by atoms with E-state index in [1.165, 1.54) is 65.0 Å². The molecule has 1 atom stereocenters. The number of piperazine rings is 1. The molecule has 26 heavy (non-hydrogen) atoms. The first kappa shape index (κ1) is 23.9. The van der Waals surface area contributed by atoms with Gasteiger partial charge < -0.3 is 9.64 Å². The fraction of sp³-hybridized carbons (Fsp3) is 1.00. The lowest BCUT2D eigenvalue weighted by atomic mass is 9.86. The van der Waals surface area contributed by atoms with Crippen LogP contribution in [0.5, 0.6) is 0 Å². The minimum Gasteiger partial charge on any atom is -0.383 e. The van der Waals surface area contributed by atoms with Crippen LogP contribution in [0, 0.1) is 11.8 Å². The van der Waals surface area contributed by atoms with Crippen LogP contribution < -0.4 is 0 Å². The standard InChI is InChI=1S/C18H35N3O.2C2H6/c1-15-4-6-17(7-5-15)21-9-8-20(18(13-21)14-22-3)12-16-10-19(2)11-16;2*1-2/h15-18H,4-14H2,1-3H3;2*1-2H3. The number of likely N-dealkylation sites (tertiary alicyclic amines) is 1. The summed E-state index contributed by atoms with van der Waals surface area (Å²) in [5, 5.41) is 0. The van der Waals surface area contributed by atoms with E-state index in [-0.39, 0.29) is 0 Å².